The van der Waals surface area contributed by atoms with Crippen LogP contribution in [0.5, 0.6) is 5.75 Å². The van der Waals surface area contributed by atoms with E-state index in [1.165, 1.54) is 51.2 Å². The summed E-state index contributed by atoms with van der Waals surface area (Å²) in [6, 6.07) is 4.39. The minimum absolute atomic E-state index is 0.0787. The molecule has 0 bridgehead atoms. The minimum atomic E-state index is -3.63. The van der Waals surface area contributed by atoms with E-state index in [2.05, 4.69) is 28.7 Å². The first-order valence-corrected chi connectivity index (χ1v) is 12.0. The quantitative estimate of drug-likeness (QED) is 0.585. The second-order valence-corrected chi connectivity index (χ2v) is 10.7. The molecule has 1 aromatic heterocycles. The number of imidazole rings is 1. The summed E-state index contributed by atoms with van der Waals surface area (Å²) in [5, 5.41) is 3.56. The van der Waals surface area contributed by atoms with Gasteiger partial charge in [0.2, 0.25) is 15.9 Å². The van der Waals surface area contributed by atoms with E-state index >= 15 is 0 Å². The number of hydrogen-bond donors (Lipinski definition) is 1. The average Bonchev–Trinajstić information content (AvgIpc) is 2.93. The molecule has 0 fully saturated rings. The normalized spacial score (nSPS) is 11.9. The molecule has 0 aliphatic carbocycles. The molecule has 0 aliphatic heterocycles. The van der Waals surface area contributed by atoms with Crippen LogP contribution in [0.1, 0.15) is 25.2 Å². The van der Waals surface area contributed by atoms with Crippen molar-refractivity contribution >= 4 is 33.4 Å². The first-order valence-electron chi connectivity index (χ1n) is 9.54. The summed E-state index contributed by atoms with van der Waals surface area (Å²) in [5.41, 5.74) is 2.35. The summed E-state index contributed by atoms with van der Waals surface area (Å²) in [4.78, 5) is 17.2. The Hall–Kier alpha value is -2.04. The standard InChI is InChI=1S/C20H30N4O4S2/c1-13(2)11-24-15(4)14(3)21-20(24)29-12-19(25)22-17-10-16(8-9-18(17)28-7)30(26,27)23(5)6/h8-10,13H,11-12H2,1-7H3,(H,22,25). The molecule has 0 saturated heterocycles. The van der Waals surface area contributed by atoms with Crippen LogP contribution in [0.2, 0.25) is 0 Å². The van der Waals surface area contributed by atoms with Crippen LogP contribution in [0, 0.1) is 19.8 Å². The molecule has 0 radical (unpaired) electrons. The molecular formula is C20H30N4O4S2. The smallest absolute Gasteiger partial charge is 0.242 e. The van der Waals surface area contributed by atoms with E-state index < -0.39 is 10.0 Å². The van der Waals surface area contributed by atoms with Gasteiger partial charge < -0.3 is 14.6 Å². The largest absolute Gasteiger partial charge is 0.495 e. The van der Waals surface area contributed by atoms with Crippen molar-refractivity contribution in [3.05, 3.63) is 29.6 Å². The molecule has 1 amide bonds. The number of hydrogen-bond acceptors (Lipinski definition) is 6. The number of nitrogens with one attached hydrogen (secondary N) is 1. The fourth-order valence-electron chi connectivity index (χ4n) is 2.79. The number of sulfonamides is 1. The van der Waals surface area contributed by atoms with Gasteiger partial charge in [0.25, 0.3) is 0 Å². The molecule has 30 heavy (non-hydrogen) atoms. The van der Waals surface area contributed by atoms with Gasteiger partial charge in [-0.1, -0.05) is 25.6 Å². The Labute approximate surface area is 183 Å². The van der Waals surface area contributed by atoms with Crippen molar-refractivity contribution in [2.75, 3.05) is 32.3 Å². The third-order valence-corrected chi connectivity index (χ3v) is 7.31. The highest BCUT2D eigenvalue weighted by atomic mass is 32.2. The first kappa shape index (κ1) is 24.2. The van der Waals surface area contributed by atoms with Crippen LogP contribution in [-0.2, 0) is 21.4 Å². The zero-order valence-corrected chi connectivity index (χ0v) is 20.1. The van der Waals surface area contributed by atoms with Crippen LogP contribution < -0.4 is 10.1 Å². The second-order valence-electron chi connectivity index (χ2n) is 7.56. The fourth-order valence-corrected chi connectivity index (χ4v) is 4.62. The van der Waals surface area contributed by atoms with Gasteiger partial charge in [-0.2, -0.15) is 0 Å². The summed E-state index contributed by atoms with van der Waals surface area (Å²) in [5.74, 6) is 0.712. The van der Waals surface area contributed by atoms with Crippen LogP contribution in [0.3, 0.4) is 0 Å². The molecule has 1 N–H and O–H groups in total. The average molecular weight is 455 g/mol. The van der Waals surface area contributed by atoms with Gasteiger partial charge in [0, 0.05) is 26.3 Å². The van der Waals surface area contributed by atoms with Crippen molar-refractivity contribution in [3.8, 4) is 5.75 Å². The lowest BCUT2D eigenvalue weighted by Gasteiger charge is -2.15. The van der Waals surface area contributed by atoms with Crippen molar-refractivity contribution in [2.45, 2.75) is 44.3 Å². The molecule has 2 aromatic rings. The molecule has 0 unspecified atom stereocenters. The van der Waals surface area contributed by atoms with E-state index in [9.17, 15) is 13.2 Å². The number of amides is 1. The molecular weight excluding hydrogens is 424 g/mol. The van der Waals surface area contributed by atoms with Gasteiger partial charge in [-0.25, -0.2) is 17.7 Å². The summed E-state index contributed by atoms with van der Waals surface area (Å²) < 4.78 is 33.3. The summed E-state index contributed by atoms with van der Waals surface area (Å²) in [6.07, 6.45) is 0. The van der Waals surface area contributed by atoms with Crippen LogP contribution >= 0.6 is 11.8 Å². The number of nitrogens with zero attached hydrogens (tertiary/aromatic N) is 3. The molecule has 2 rings (SSSR count). The molecule has 1 heterocycles. The zero-order valence-electron chi connectivity index (χ0n) is 18.5. The Morgan fingerprint density at radius 1 is 1.30 bits per heavy atom. The number of aromatic nitrogens is 2. The number of carbonyl (C=O) groups is 1. The fraction of sp³-hybridized carbons (Fsp3) is 0.500. The lowest BCUT2D eigenvalue weighted by atomic mass is 10.2. The number of anilines is 1. The number of thioether (sulfide) groups is 1. The van der Waals surface area contributed by atoms with Crippen molar-refractivity contribution in [1.82, 2.24) is 13.9 Å². The summed E-state index contributed by atoms with van der Waals surface area (Å²) in [7, 11) is 0.752. The Kier molecular flexibility index (Phi) is 7.95. The van der Waals surface area contributed by atoms with Crippen LogP contribution in [0.25, 0.3) is 0 Å². The van der Waals surface area contributed by atoms with Crippen LogP contribution in [0.15, 0.2) is 28.3 Å². The SMILES string of the molecule is COc1ccc(S(=O)(=O)N(C)C)cc1NC(=O)CSc1nc(C)c(C)n1CC(C)C. The van der Waals surface area contributed by atoms with Crippen molar-refractivity contribution < 1.29 is 17.9 Å². The monoisotopic (exact) mass is 454 g/mol. The van der Waals surface area contributed by atoms with Crippen molar-refractivity contribution in [2.24, 2.45) is 5.92 Å². The van der Waals surface area contributed by atoms with Gasteiger partial charge in [-0.3, -0.25) is 4.79 Å². The van der Waals surface area contributed by atoms with Crippen molar-refractivity contribution in [1.29, 1.82) is 0 Å². The number of rotatable bonds is 9. The number of benzene rings is 1. The lowest BCUT2D eigenvalue weighted by Crippen LogP contribution is -2.22. The molecule has 0 aliphatic rings. The minimum Gasteiger partial charge on any atom is -0.495 e. The van der Waals surface area contributed by atoms with E-state index in [1.54, 1.807) is 0 Å². The maximum absolute atomic E-state index is 12.6. The highest BCUT2D eigenvalue weighted by Crippen LogP contribution is 2.29. The topological polar surface area (TPSA) is 93.5 Å². The van der Waals surface area contributed by atoms with E-state index in [-0.39, 0.29) is 16.6 Å². The Balaban J connectivity index is 2.18. The highest BCUT2D eigenvalue weighted by molar-refractivity contribution is 7.99. The molecule has 166 valence electrons. The van der Waals surface area contributed by atoms with Gasteiger partial charge in [0.1, 0.15) is 5.75 Å². The van der Waals surface area contributed by atoms with E-state index in [0.29, 0.717) is 17.4 Å². The van der Waals surface area contributed by atoms with Crippen LogP contribution in [-0.4, -0.2) is 55.1 Å². The number of ether oxygens (including phenoxy) is 1. The summed E-state index contributed by atoms with van der Waals surface area (Å²) in [6.45, 7) is 9.08. The van der Waals surface area contributed by atoms with Crippen molar-refractivity contribution in [3.63, 3.8) is 0 Å². The van der Waals surface area contributed by atoms with E-state index in [0.717, 1.165) is 27.4 Å². The number of methoxy groups -OCH3 is 1. The number of aryl methyl sites for hydroxylation is 1. The van der Waals surface area contributed by atoms with Gasteiger partial charge in [0.05, 0.1) is 29.1 Å². The lowest BCUT2D eigenvalue weighted by molar-refractivity contribution is -0.113. The Morgan fingerprint density at radius 3 is 2.53 bits per heavy atom. The van der Waals surface area contributed by atoms with E-state index in [4.69, 9.17) is 4.74 Å². The van der Waals surface area contributed by atoms with Gasteiger partial charge in [0.15, 0.2) is 5.16 Å². The van der Waals surface area contributed by atoms with E-state index in [1.807, 2.05) is 13.8 Å². The van der Waals surface area contributed by atoms with Gasteiger partial charge in [-0.15, -0.1) is 0 Å². The third-order valence-electron chi connectivity index (χ3n) is 4.53. The Bertz CT molecular complexity index is 1010. The second kappa shape index (κ2) is 9.84. The number of carbonyl (C=O) groups excluding carboxylic acids is 1. The maximum atomic E-state index is 12.6. The first-order chi connectivity index (χ1) is 14.0. The molecule has 0 saturated carbocycles. The molecule has 0 spiro atoms. The summed E-state index contributed by atoms with van der Waals surface area (Å²) >= 11 is 1.35. The van der Waals surface area contributed by atoms with Gasteiger partial charge in [-0.05, 0) is 38.0 Å². The third kappa shape index (κ3) is 5.55. The predicted octanol–water partition coefficient (Wildman–Crippen LogP) is 3.15. The Morgan fingerprint density at radius 2 is 1.97 bits per heavy atom. The van der Waals surface area contributed by atoms with Crippen LogP contribution in [0.4, 0.5) is 5.69 Å². The van der Waals surface area contributed by atoms with Gasteiger partial charge >= 0.3 is 0 Å². The maximum Gasteiger partial charge on any atom is 0.242 e. The molecule has 10 heteroatoms. The predicted molar refractivity (Wildman–Crippen MR) is 120 cm³/mol. The zero-order chi connectivity index (χ0) is 22.6. The molecule has 1 aromatic carbocycles. The molecule has 0 atom stereocenters. The molecule has 8 nitrogen and oxygen atoms in total. The highest BCUT2D eigenvalue weighted by Gasteiger charge is 2.20.